The molecular formula is C17H20ClN5O2. The van der Waals surface area contributed by atoms with E-state index in [0.29, 0.717) is 23.0 Å². The second kappa shape index (κ2) is 6.63. The summed E-state index contributed by atoms with van der Waals surface area (Å²) >= 11 is 5.85. The number of carbonyl (C=O) groups excluding carboxylic acids is 1. The molecule has 0 N–H and O–H groups in total. The second-order valence-electron chi connectivity index (χ2n) is 6.63. The van der Waals surface area contributed by atoms with Crippen LogP contribution in [-0.4, -0.2) is 43.2 Å². The summed E-state index contributed by atoms with van der Waals surface area (Å²) in [6.07, 6.45) is 5.94. The summed E-state index contributed by atoms with van der Waals surface area (Å²) in [5.41, 5.74) is 0.480. The van der Waals surface area contributed by atoms with Gasteiger partial charge in [-0.05, 0) is 37.8 Å². The maximum Gasteiger partial charge on any atom is 0.347 e. The average Bonchev–Trinajstić information content (AvgIpc) is 3.25. The molecule has 0 radical (unpaired) electrons. The number of hydrogen-bond donors (Lipinski definition) is 0. The molecule has 2 aromatic rings. The number of carbonyl (C=O) groups is 1. The van der Waals surface area contributed by atoms with Gasteiger partial charge in [-0.25, -0.2) is 9.48 Å². The average molecular weight is 362 g/mol. The first kappa shape index (κ1) is 16.3. The van der Waals surface area contributed by atoms with Crippen LogP contribution in [0.2, 0.25) is 5.02 Å². The zero-order valence-corrected chi connectivity index (χ0v) is 14.7. The van der Waals surface area contributed by atoms with Crippen LogP contribution in [0.25, 0.3) is 0 Å². The molecular weight excluding hydrogens is 342 g/mol. The Morgan fingerprint density at radius 1 is 1.24 bits per heavy atom. The zero-order chi connectivity index (χ0) is 17.4. The standard InChI is InChI=1S/C17H20ClN5O2/c18-12-6-7-13(19-10-12)11-22-17(25)23-14(4-3-5-15(23)20-22)16(24)21-8-1-2-9-21/h6-7,10,14H,1-5,8-9,11H2/t14-/m1/s1. The highest BCUT2D eigenvalue weighted by Gasteiger charge is 2.34. The van der Waals surface area contributed by atoms with Crippen molar-refractivity contribution in [2.45, 2.75) is 44.7 Å². The first-order valence-corrected chi connectivity index (χ1v) is 9.09. The van der Waals surface area contributed by atoms with Gasteiger partial charge in [0.05, 0.1) is 17.3 Å². The third-order valence-corrected chi connectivity index (χ3v) is 5.16. The quantitative estimate of drug-likeness (QED) is 0.833. The first-order chi connectivity index (χ1) is 12.1. The molecule has 1 saturated heterocycles. The number of likely N-dealkylation sites (tertiary alicyclic amines) is 1. The van der Waals surface area contributed by atoms with Crippen LogP contribution in [-0.2, 0) is 17.8 Å². The van der Waals surface area contributed by atoms with Gasteiger partial charge in [0.25, 0.3) is 0 Å². The highest BCUT2D eigenvalue weighted by molar-refractivity contribution is 6.30. The number of amides is 1. The highest BCUT2D eigenvalue weighted by Crippen LogP contribution is 2.25. The lowest BCUT2D eigenvalue weighted by molar-refractivity contribution is -0.134. The van der Waals surface area contributed by atoms with Crippen LogP contribution in [0.4, 0.5) is 0 Å². The predicted molar refractivity (Wildman–Crippen MR) is 92.6 cm³/mol. The first-order valence-electron chi connectivity index (χ1n) is 8.71. The van der Waals surface area contributed by atoms with Crippen LogP contribution < -0.4 is 5.69 Å². The van der Waals surface area contributed by atoms with Gasteiger partial charge in [0.2, 0.25) is 5.91 Å². The van der Waals surface area contributed by atoms with Crippen LogP contribution in [0.1, 0.15) is 43.2 Å². The molecule has 0 aliphatic carbocycles. The molecule has 132 valence electrons. The lowest BCUT2D eigenvalue weighted by Gasteiger charge is -2.27. The molecule has 7 nitrogen and oxygen atoms in total. The van der Waals surface area contributed by atoms with E-state index in [2.05, 4.69) is 10.1 Å². The van der Waals surface area contributed by atoms with Gasteiger partial charge in [0.1, 0.15) is 11.9 Å². The van der Waals surface area contributed by atoms with Crippen molar-refractivity contribution in [2.24, 2.45) is 0 Å². The van der Waals surface area contributed by atoms with E-state index in [-0.39, 0.29) is 18.1 Å². The molecule has 2 aliphatic rings. The Kier molecular flexibility index (Phi) is 4.33. The van der Waals surface area contributed by atoms with Crippen LogP contribution in [0.3, 0.4) is 0 Å². The van der Waals surface area contributed by atoms with Gasteiger partial charge in [-0.15, -0.1) is 0 Å². The van der Waals surface area contributed by atoms with E-state index >= 15 is 0 Å². The summed E-state index contributed by atoms with van der Waals surface area (Å²) in [4.78, 5) is 31.8. The van der Waals surface area contributed by atoms with Crippen LogP contribution in [0, 0.1) is 0 Å². The van der Waals surface area contributed by atoms with Crippen molar-refractivity contribution in [1.29, 1.82) is 0 Å². The van der Waals surface area contributed by atoms with E-state index in [9.17, 15) is 9.59 Å². The van der Waals surface area contributed by atoms with Crippen molar-refractivity contribution in [2.75, 3.05) is 13.1 Å². The predicted octanol–water partition coefficient (Wildman–Crippen LogP) is 1.64. The zero-order valence-electron chi connectivity index (χ0n) is 13.9. The highest BCUT2D eigenvalue weighted by atomic mass is 35.5. The molecule has 4 heterocycles. The molecule has 1 amide bonds. The van der Waals surface area contributed by atoms with Crippen LogP contribution in [0.15, 0.2) is 23.1 Å². The number of aromatic nitrogens is 4. The van der Waals surface area contributed by atoms with E-state index in [4.69, 9.17) is 11.6 Å². The number of pyridine rings is 1. The van der Waals surface area contributed by atoms with E-state index in [1.54, 1.807) is 22.9 Å². The monoisotopic (exact) mass is 361 g/mol. The lowest BCUT2D eigenvalue weighted by Crippen LogP contribution is -2.41. The smallest absolute Gasteiger partial charge is 0.341 e. The summed E-state index contributed by atoms with van der Waals surface area (Å²) in [5, 5.41) is 5.00. The van der Waals surface area contributed by atoms with Crippen molar-refractivity contribution in [1.82, 2.24) is 24.2 Å². The van der Waals surface area contributed by atoms with Gasteiger partial charge in [-0.3, -0.25) is 14.3 Å². The van der Waals surface area contributed by atoms with Gasteiger partial charge in [-0.2, -0.15) is 5.10 Å². The van der Waals surface area contributed by atoms with Crippen LogP contribution in [0.5, 0.6) is 0 Å². The maximum atomic E-state index is 12.9. The Morgan fingerprint density at radius 2 is 2.04 bits per heavy atom. The van der Waals surface area contributed by atoms with Crippen LogP contribution >= 0.6 is 11.6 Å². The van der Waals surface area contributed by atoms with E-state index in [1.165, 1.54) is 4.68 Å². The Bertz CT molecular complexity index is 836. The Labute approximate surface area is 150 Å². The molecule has 0 aromatic carbocycles. The fourth-order valence-corrected chi connectivity index (χ4v) is 3.78. The largest absolute Gasteiger partial charge is 0.347 e. The number of hydrogen-bond acceptors (Lipinski definition) is 4. The molecule has 8 heteroatoms. The second-order valence-corrected chi connectivity index (χ2v) is 7.07. The number of halogens is 1. The molecule has 1 atom stereocenters. The van der Waals surface area contributed by atoms with E-state index in [0.717, 1.165) is 38.8 Å². The molecule has 4 rings (SSSR count). The minimum atomic E-state index is -0.415. The summed E-state index contributed by atoms with van der Waals surface area (Å²) in [5.74, 6) is 0.757. The Hall–Kier alpha value is -2.15. The molecule has 0 bridgehead atoms. The van der Waals surface area contributed by atoms with Crippen molar-refractivity contribution < 1.29 is 4.79 Å². The summed E-state index contributed by atoms with van der Waals surface area (Å²) in [7, 11) is 0. The molecule has 2 aromatic heterocycles. The number of fused-ring (bicyclic) bond motifs is 1. The van der Waals surface area contributed by atoms with Crippen molar-refractivity contribution in [3.05, 3.63) is 45.4 Å². The lowest BCUT2D eigenvalue weighted by atomic mass is 10.0. The van der Waals surface area contributed by atoms with Gasteiger partial charge in [-0.1, -0.05) is 11.6 Å². The minimum absolute atomic E-state index is 0.0599. The molecule has 1 fully saturated rings. The number of rotatable bonds is 3. The van der Waals surface area contributed by atoms with Gasteiger partial charge >= 0.3 is 5.69 Å². The van der Waals surface area contributed by atoms with Gasteiger partial charge in [0.15, 0.2) is 0 Å². The van der Waals surface area contributed by atoms with E-state index < -0.39 is 6.04 Å². The molecule has 0 spiro atoms. The third-order valence-electron chi connectivity index (χ3n) is 4.93. The molecule has 0 unspecified atom stereocenters. The van der Waals surface area contributed by atoms with Crippen molar-refractivity contribution in [3.8, 4) is 0 Å². The molecule has 25 heavy (non-hydrogen) atoms. The number of aryl methyl sites for hydroxylation is 1. The third kappa shape index (κ3) is 3.08. The fraction of sp³-hybridized carbons (Fsp3) is 0.529. The Morgan fingerprint density at radius 3 is 2.76 bits per heavy atom. The topological polar surface area (TPSA) is 73.0 Å². The summed E-state index contributed by atoms with van der Waals surface area (Å²) in [6.45, 7) is 1.87. The summed E-state index contributed by atoms with van der Waals surface area (Å²) < 4.78 is 3.00. The van der Waals surface area contributed by atoms with Gasteiger partial charge < -0.3 is 4.90 Å². The SMILES string of the molecule is O=C([C@H]1CCCc2nn(Cc3ccc(Cl)cn3)c(=O)n21)N1CCCC1. The fourth-order valence-electron chi connectivity index (χ4n) is 3.67. The molecule has 0 saturated carbocycles. The normalized spacial score (nSPS) is 19.9. The molecule has 2 aliphatic heterocycles. The van der Waals surface area contributed by atoms with E-state index in [1.807, 2.05) is 4.90 Å². The summed E-state index contributed by atoms with van der Waals surface area (Å²) in [6, 6.07) is 3.10. The van der Waals surface area contributed by atoms with Crippen molar-refractivity contribution in [3.63, 3.8) is 0 Å². The van der Waals surface area contributed by atoms with Gasteiger partial charge in [0, 0.05) is 25.7 Å². The Balaban J connectivity index is 1.63. The number of nitrogens with zero attached hydrogens (tertiary/aromatic N) is 5. The van der Waals surface area contributed by atoms with Crippen molar-refractivity contribution >= 4 is 17.5 Å². The maximum absolute atomic E-state index is 12.9. The minimum Gasteiger partial charge on any atom is -0.341 e.